The van der Waals surface area contributed by atoms with Crippen LogP contribution in [0.2, 0.25) is 0 Å². The summed E-state index contributed by atoms with van der Waals surface area (Å²) in [6.45, 7) is 2.36. The number of anilines is 2. The molecule has 0 bridgehead atoms. The van der Waals surface area contributed by atoms with Gasteiger partial charge in [-0.2, -0.15) is 0 Å². The molecule has 0 radical (unpaired) electrons. The van der Waals surface area contributed by atoms with Gasteiger partial charge in [0.25, 0.3) is 0 Å². The lowest BCUT2D eigenvalue weighted by molar-refractivity contribution is -0.384. The summed E-state index contributed by atoms with van der Waals surface area (Å²) in [6.07, 6.45) is 1.15. The van der Waals surface area contributed by atoms with Gasteiger partial charge in [0, 0.05) is 12.6 Å². The fourth-order valence-corrected chi connectivity index (χ4v) is 1.33. The molecule has 0 aromatic carbocycles. The van der Waals surface area contributed by atoms with Crippen molar-refractivity contribution in [1.82, 2.24) is 4.98 Å². The fourth-order valence-electron chi connectivity index (χ4n) is 1.33. The monoisotopic (exact) mass is 240 g/mol. The van der Waals surface area contributed by atoms with E-state index in [1.165, 1.54) is 12.1 Å². The minimum Gasteiger partial charge on any atom is -0.393 e. The summed E-state index contributed by atoms with van der Waals surface area (Å²) in [4.78, 5) is 13.8. The van der Waals surface area contributed by atoms with Crippen molar-refractivity contribution in [2.45, 2.75) is 25.9 Å². The normalized spacial score (nSPS) is 12.1. The summed E-state index contributed by atoms with van der Waals surface area (Å²) in [5.74, 6) is 0.397. The second kappa shape index (κ2) is 6.00. The van der Waals surface area contributed by atoms with Crippen molar-refractivity contribution in [2.24, 2.45) is 0 Å². The van der Waals surface area contributed by atoms with Gasteiger partial charge < -0.3 is 16.2 Å². The van der Waals surface area contributed by atoms with Crippen LogP contribution in [0.25, 0.3) is 0 Å². The van der Waals surface area contributed by atoms with Crippen molar-refractivity contribution < 1.29 is 10.0 Å². The van der Waals surface area contributed by atoms with Crippen LogP contribution < -0.4 is 11.1 Å². The summed E-state index contributed by atoms with van der Waals surface area (Å²) in [7, 11) is 0. The minimum absolute atomic E-state index is 0.101. The third-order valence-corrected chi connectivity index (χ3v) is 2.20. The van der Waals surface area contributed by atoms with Crippen molar-refractivity contribution in [3.05, 3.63) is 22.2 Å². The van der Waals surface area contributed by atoms with E-state index in [0.29, 0.717) is 18.8 Å². The van der Waals surface area contributed by atoms with Crippen LogP contribution in [0, 0.1) is 10.1 Å². The van der Waals surface area contributed by atoms with Crippen molar-refractivity contribution in [2.75, 3.05) is 17.6 Å². The van der Waals surface area contributed by atoms with Crippen LogP contribution in [0.5, 0.6) is 0 Å². The second-order valence-electron chi connectivity index (χ2n) is 3.78. The predicted molar refractivity (Wildman–Crippen MR) is 64.7 cm³/mol. The molecule has 1 unspecified atom stereocenters. The number of nitrogens with one attached hydrogen (secondary N) is 1. The Labute approximate surface area is 98.8 Å². The molecule has 1 aromatic rings. The topological polar surface area (TPSA) is 114 Å². The van der Waals surface area contributed by atoms with E-state index in [4.69, 9.17) is 10.8 Å². The lowest BCUT2D eigenvalue weighted by Crippen LogP contribution is -2.08. The van der Waals surface area contributed by atoms with E-state index in [1.54, 1.807) is 6.92 Å². The molecule has 1 aromatic heterocycles. The van der Waals surface area contributed by atoms with Gasteiger partial charge in [0.1, 0.15) is 5.82 Å². The molecule has 0 aliphatic rings. The van der Waals surface area contributed by atoms with Gasteiger partial charge in [-0.3, -0.25) is 10.1 Å². The van der Waals surface area contributed by atoms with Crippen LogP contribution in [0.15, 0.2) is 12.1 Å². The molecule has 4 N–H and O–H groups in total. The molecule has 0 saturated heterocycles. The van der Waals surface area contributed by atoms with E-state index in [1.807, 2.05) is 0 Å². The number of rotatable bonds is 6. The molecule has 17 heavy (non-hydrogen) atoms. The zero-order valence-corrected chi connectivity index (χ0v) is 9.59. The third kappa shape index (κ3) is 4.23. The number of hydrogen-bond acceptors (Lipinski definition) is 6. The molecular formula is C10H16N4O3. The molecular weight excluding hydrogens is 224 g/mol. The maximum absolute atomic E-state index is 10.5. The van der Waals surface area contributed by atoms with Crippen LogP contribution >= 0.6 is 0 Å². The van der Waals surface area contributed by atoms with Crippen LogP contribution in [0.4, 0.5) is 17.3 Å². The Kier molecular flexibility index (Phi) is 4.65. The highest BCUT2D eigenvalue weighted by Crippen LogP contribution is 2.20. The number of hydrogen-bond donors (Lipinski definition) is 3. The number of aliphatic hydroxyl groups excluding tert-OH is 1. The van der Waals surface area contributed by atoms with Gasteiger partial charge in [-0.1, -0.05) is 0 Å². The molecule has 1 rings (SSSR count). The fraction of sp³-hybridized carbons (Fsp3) is 0.500. The van der Waals surface area contributed by atoms with Crippen LogP contribution in [-0.4, -0.2) is 27.7 Å². The third-order valence-electron chi connectivity index (χ3n) is 2.20. The SMILES string of the molecule is CC(O)CCCNc1ccc([N+](=O)[O-])c(N)n1. The van der Waals surface area contributed by atoms with Crippen molar-refractivity contribution in [3.8, 4) is 0 Å². The van der Waals surface area contributed by atoms with Gasteiger partial charge in [0.05, 0.1) is 11.0 Å². The Bertz CT molecular complexity index is 395. The molecule has 0 aliphatic heterocycles. The number of aromatic nitrogens is 1. The highest BCUT2D eigenvalue weighted by atomic mass is 16.6. The maximum atomic E-state index is 10.5. The Balaban J connectivity index is 2.50. The van der Waals surface area contributed by atoms with E-state index in [-0.39, 0.29) is 17.6 Å². The van der Waals surface area contributed by atoms with Gasteiger partial charge >= 0.3 is 5.69 Å². The minimum atomic E-state index is -0.570. The summed E-state index contributed by atoms with van der Waals surface area (Å²) >= 11 is 0. The Hall–Kier alpha value is -1.89. The molecule has 94 valence electrons. The molecule has 0 spiro atoms. The molecule has 7 nitrogen and oxygen atoms in total. The van der Waals surface area contributed by atoms with Gasteiger partial charge in [-0.15, -0.1) is 0 Å². The highest BCUT2D eigenvalue weighted by Gasteiger charge is 2.12. The van der Waals surface area contributed by atoms with Gasteiger partial charge in [0.15, 0.2) is 0 Å². The molecule has 7 heteroatoms. The number of nitro groups is 1. The van der Waals surface area contributed by atoms with Crippen molar-refractivity contribution in [1.29, 1.82) is 0 Å². The summed E-state index contributed by atoms with van der Waals surface area (Å²) in [5.41, 5.74) is 5.25. The number of nitrogens with zero attached hydrogens (tertiary/aromatic N) is 2. The molecule has 1 atom stereocenters. The smallest absolute Gasteiger partial charge is 0.311 e. The molecule has 0 fully saturated rings. The number of nitrogens with two attached hydrogens (primary N) is 1. The van der Waals surface area contributed by atoms with Crippen molar-refractivity contribution in [3.63, 3.8) is 0 Å². The average molecular weight is 240 g/mol. The average Bonchev–Trinajstić information content (AvgIpc) is 2.23. The lowest BCUT2D eigenvalue weighted by atomic mass is 10.2. The van der Waals surface area contributed by atoms with Crippen LogP contribution in [0.3, 0.4) is 0 Å². The first-order chi connectivity index (χ1) is 8.00. The Morgan fingerprint density at radius 2 is 2.35 bits per heavy atom. The quantitative estimate of drug-likeness (QED) is 0.390. The predicted octanol–water partition coefficient (Wildman–Crippen LogP) is 1.14. The van der Waals surface area contributed by atoms with Gasteiger partial charge in [0.2, 0.25) is 5.82 Å². The van der Waals surface area contributed by atoms with Crippen molar-refractivity contribution >= 4 is 17.3 Å². The van der Waals surface area contributed by atoms with E-state index < -0.39 is 4.92 Å². The number of pyridine rings is 1. The summed E-state index contributed by atoms with van der Waals surface area (Å²) < 4.78 is 0. The lowest BCUT2D eigenvalue weighted by Gasteiger charge is -2.07. The number of nitrogen functional groups attached to an aromatic ring is 1. The second-order valence-corrected chi connectivity index (χ2v) is 3.78. The standard InChI is InChI=1S/C10H16N4O3/c1-7(15)3-2-6-12-9-5-4-8(14(16)17)10(11)13-9/h4-5,7,15H,2-3,6H2,1H3,(H3,11,12,13). The number of aliphatic hydroxyl groups is 1. The van der Waals surface area contributed by atoms with E-state index in [2.05, 4.69) is 10.3 Å². The first-order valence-corrected chi connectivity index (χ1v) is 5.33. The summed E-state index contributed by atoms with van der Waals surface area (Å²) in [6, 6.07) is 2.83. The highest BCUT2D eigenvalue weighted by molar-refractivity contribution is 5.57. The largest absolute Gasteiger partial charge is 0.393 e. The first-order valence-electron chi connectivity index (χ1n) is 5.33. The first kappa shape index (κ1) is 13.2. The van der Waals surface area contributed by atoms with Gasteiger partial charge in [-0.05, 0) is 25.8 Å². The van der Waals surface area contributed by atoms with E-state index in [9.17, 15) is 10.1 Å². The molecule has 0 aliphatic carbocycles. The summed E-state index contributed by atoms with van der Waals surface area (Å²) in [5, 5.41) is 22.5. The Morgan fingerprint density at radius 1 is 1.65 bits per heavy atom. The zero-order valence-electron chi connectivity index (χ0n) is 9.59. The molecule has 0 amide bonds. The molecule has 1 heterocycles. The van der Waals surface area contributed by atoms with E-state index >= 15 is 0 Å². The van der Waals surface area contributed by atoms with Crippen LogP contribution in [-0.2, 0) is 0 Å². The maximum Gasteiger partial charge on any atom is 0.311 e. The molecule has 0 saturated carbocycles. The van der Waals surface area contributed by atoms with Gasteiger partial charge in [-0.25, -0.2) is 4.98 Å². The van der Waals surface area contributed by atoms with Crippen LogP contribution in [0.1, 0.15) is 19.8 Å². The zero-order chi connectivity index (χ0) is 12.8. The van der Waals surface area contributed by atoms with E-state index in [0.717, 1.165) is 6.42 Å². The Morgan fingerprint density at radius 3 is 2.88 bits per heavy atom.